The molecule has 1 unspecified atom stereocenters. The van der Waals surface area contributed by atoms with E-state index in [1.165, 1.54) is 18.5 Å². The highest BCUT2D eigenvalue weighted by Gasteiger charge is 2.22. The van der Waals surface area contributed by atoms with Gasteiger partial charge in [-0.25, -0.2) is 14.4 Å². The molecule has 0 amide bonds. The molecule has 4 nitrogen and oxygen atoms in total. The zero-order valence-electron chi connectivity index (χ0n) is 12.0. The molecule has 0 aliphatic rings. The second-order valence-electron chi connectivity index (χ2n) is 5.24. The number of carbonyl (C=O) groups is 1. The van der Waals surface area contributed by atoms with Gasteiger partial charge < -0.3 is 5.11 Å². The summed E-state index contributed by atoms with van der Waals surface area (Å²) in [7, 11) is 0. The summed E-state index contributed by atoms with van der Waals surface area (Å²) in [6.45, 7) is 3.98. The predicted molar refractivity (Wildman–Crippen MR) is 76.6 cm³/mol. The fourth-order valence-electron chi connectivity index (χ4n) is 2.07. The minimum atomic E-state index is -0.951. The Bertz CT molecular complexity index is 626. The molecule has 2 aromatic rings. The first kappa shape index (κ1) is 15.1. The third kappa shape index (κ3) is 3.84. The Kier molecular flexibility index (Phi) is 4.62. The summed E-state index contributed by atoms with van der Waals surface area (Å²) in [5, 5.41) is 9.44. The zero-order valence-corrected chi connectivity index (χ0v) is 12.0. The zero-order chi connectivity index (χ0) is 15.4. The third-order valence-electron chi connectivity index (χ3n) is 3.31. The normalized spacial score (nSPS) is 12.4. The number of carboxylic acids is 1. The fraction of sp³-hybridized carbons (Fsp3) is 0.312. The van der Waals surface area contributed by atoms with Crippen LogP contribution in [0.4, 0.5) is 4.39 Å². The third-order valence-corrected chi connectivity index (χ3v) is 3.31. The summed E-state index contributed by atoms with van der Waals surface area (Å²) in [6.07, 6.45) is 1.66. The molecule has 0 radical (unpaired) electrons. The van der Waals surface area contributed by atoms with Crippen LogP contribution in [0.1, 0.15) is 42.6 Å². The van der Waals surface area contributed by atoms with Crippen molar-refractivity contribution in [2.24, 2.45) is 0 Å². The average molecular weight is 288 g/mol. The van der Waals surface area contributed by atoms with Gasteiger partial charge in [-0.1, -0.05) is 26.0 Å². The van der Waals surface area contributed by atoms with Crippen molar-refractivity contribution in [3.05, 3.63) is 59.4 Å². The summed E-state index contributed by atoms with van der Waals surface area (Å²) in [6, 6.07) is 7.57. The van der Waals surface area contributed by atoms with Crippen LogP contribution >= 0.6 is 0 Å². The largest absolute Gasteiger partial charge is 0.481 e. The van der Waals surface area contributed by atoms with Crippen molar-refractivity contribution in [2.75, 3.05) is 0 Å². The number of benzene rings is 1. The molecule has 0 saturated heterocycles. The highest BCUT2D eigenvalue weighted by molar-refractivity contribution is 5.75. The standard InChI is InChI=1S/C16H17FN2O2/c1-10(2)14-8-15(19-9-18-14)13(16(20)21)7-11-3-5-12(17)6-4-11/h3-6,8-10,13H,7H2,1-2H3,(H,20,21). The van der Waals surface area contributed by atoms with Crippen molar-refractivity contribution in [3.8, 4) is 0 Å². The Morgan fingerprint density at radius 2 is 1.81 bits per heavy atom. The van der Waals surface area contributed by atoms with Gasteiger partial charge in [0.1, 0.15) is 18.1 Å². The maximum Gasteiger partial charge on any atom is 0.312 e. The first-order valence-electron chi connectivity index (χ1n) is 6.76. The number of aromatic nitrogens is 2. The monoisotopic (exact) mass is 288 g/mol. The van der Waals surface area contributed by atoms with E-state index in [0.717, 1.165) is 11.3 Å². The van der Waals surface area contributed by atoms with Crippen LogP contribution in [-0.2, 0) is 11.2 Å². The molecule has 1 heterocycles. The van der Waals surface area contributed by atoms with E-state index in [-0.39, 0.29) is 18.2 Å². The minimum Gasteiger partial charge on any atom is -0.481 e. The van der Waals surface area contributed by atoms with Crippen LogP contribution in [0.3, 0.4) is 0 Å². The average Bonchev–Trinajstić information content (AvgIpc) is 2.46. The Labute approximate surface area is 122 Å². The Morgan fingerprint density at radius 3 is 2.38 bits per heavy atom. The molecule has 0 bridgehead atoms. The lowest BCUT2D eigenvalue weighted by molar-refractivity contribution is -0.138. The molecule has 2 rings (SSSR count). The van der Waals surface area contributed by atoms with Crippen LogP contribution in [0.2, 0.25) is 0 Å². The Balaban J connectivity index is 2.28. The second-order valence-corrected chi connectivity index (χ2v) is 5.24. The van der Waals surface area contributed by atoms with Crippen LogP contribution < -0.4 is 0 Å². The lowest BCUT2D eigenvalue weighted by Crippen LogP contribution is -2.16. The minimum absolute atomic E-state index is 0.201. The maximum atomic E-state index is 12.9. The van der Waals surface area contributed by atoms with Gasteiger partial charge in [0.2, 0.25) is 0 Å². The first-order valence-corrected chi connectivity index (χ1v) is 6.76. The molecule has 1 N–H and O–H groups in total. The molecule has 0 aliphatic carbocycles. The summed E-state index contributed by atoms with van der Waals surface area (Å²) in [5.41, 5.74) is 2.05. The van der Waals surface area contributed by atoms with Gasteiger partial charge in [-0.3, -0.25) is 4.79 Å². The van der Waals surface area contributed by atoms with E-state index in [0.29, 0.717) is 5.69 Å². The summed E-state index contributed by atoms with van der Waals surface area (Å²) in [4.78, 5) is 19.8. The highest BCUT2D eigenvalue weighted by atomic mass is 19.1. The highest BCUT2D eigenvalue weighted by Crippen LogP contribution is 2.22. The lowest BCUT2D eigenvalue weighted by atomic mass is 9.95. The van der Waals surface area contributed by atoms with E-state index in [9.17, 15) is 14.3 Å². The number of aliphatic carboxylic acids is 1. The Morgan fingerprint density at radius 1 is 1.19 bits per heavy atom. The Hall–Kier alpha value is -2.30. The molecule has 21 heavy (non-hydrogen) atoms. The van der Waals surface area contributed by atoms with Crippen LogP contribution in [0.5, 0.6) is 0 Å². The van der Waals surface area contributed by atoms with Gasteiger partial charge in [-0.2, -0.15) is 0 Å². The topological polar surface area (TPSA) is 63.1 Å². The van der Waals surface area contributed by atoms with Crippen molar-refractivity contribution >= 4 is 5.97 Å². The van der Waals surface area contributed by atoms with Gasteiger partial charge in [0.25, 0.3) is 0 Å². The molecular weight excluding hydrogens is 271 g/mol. The summed E-state index contributed by atoms with van der Waals surface area (Å²) in [5.74, 6) is -1.86. The van der Waals surface area contributed by atoms with E-state index >= 15 is 0 Å². The van der Waals surface area contributed by atoms with Crippen molar-refractivity contribution in [3.63, 3.8) is 0 Å². The molecule has 5 heteroatoms. The van der Waals surface area contributed by atoms with Crippen molar-refractivity contribution in [2.45, 2.75) is 32.1 Å². The number of hydrogen-bond donors (Lipinski definition) is 1. The number of carboxylic acid groups (broad SMARTS) is 1. The van der Waals surface area contributed by atoms with E-state index < -0.39 is 11.9 Å². The van der Waals surface area contributed by atoms with Gasteiger partial charge in [0.15, 0.2) is 0 Å². The van der Waals surface area contributed by atoms with Gasteiger partial charge >= 0.3 is 5.97 Å². The predicted octanol–water partition coefficient (Wildman–Crippen LogP) is 3.15. The summed E-state index contributed by atoms with van der Waals surface area (Å²) >= 11 is 0. The van der Waals surface area contributed by atoms with Crippen LogP contribution in [0.25, 0.3) is 0 Å². The van der Waals surface area contributed by atoms with Crippen molar-refractivity contribution < 1.29 is 14.3 Å². The summed E-state index contributed by atoms with van der Waals surface area (Å²) < 4.78 is 12.9. The number of halogens is 1. The number of rotatable bonds is 5. The first-order chi connectivity index (χ1) is 9.97. The smallest absolute Gasteiger partial charge is 0.312 e. The molecule has 0 saturated carbocycles. The van der Waals surface area contributed by atoms with Crippen LogP contribution in [0.15, 0.2) is 36.7 Å². The van der Waals surface area contributed by atoms with Gasteiger partial charge in [0.05, 0.1) is 5.69 Å². The molecule has 1 atom stereocenters. The molecule has 0 aliphatic heterocycles. The number of hydrogen-bond acceptors (Lipinski definition) is 3. The molecule has 1 aromatic heterocycles. The van der Waals surface area contributed by atoms with Gasteiger partial charge in [-0.05, 0) is 36.1 Å². The fourth-order valence-corrected chi connectivity index (χ4v) is 2.07. The molecule has 110 valence electrons. The maximum absolute atomic E-state index is 12.9. The van der Waals surface area contributed by atoms with Crippen molar-refractivity contribution in [1.29, 1.82) is 0 Å². The van der Waals surface area contributed by atoms with E-state index in [1.807, 2.05) is 13.8 Å². The number of nitrogens with zero attached hydrogens (tertiary/aromatic N) is 2. The van der Waals surface area contributed by atoms with E-state index in [2.05, 4.69) is 9.97 Å². The van der Waals surface area contributed by atoms with Crippen molar-refractivity contribution in [1.82, 2.24) is 9.97 Å². The lowest BCUT2D eigenvalue weighted by Gasteiger charge is -2.13. The van der Waals surface area contributed by atoms with E-state index in [1.54, 1.807) is 18.2 Å². The van der Waals surface area contributed by atoms with Crippen LogP contribution in [-0.4, -0.2) is 21.0 Å². The quantitative estimate of drug-likeness (QED) is 0.918. The molecule has 0 spiro atoms. The molecule has 0 fully saturated rings. The van der Waals surface area contributed by atoms with E-state index in [4.69, 9.17) is 0 Å². The van der Waals surface area contributed by atoms with Gasteiger partial charge in [-0.15, -0.1) is 0 Å². The SMILES string of the molecule is CC(C)c1cc(C(Cc2ccc(F)cc2)C(=O)O)ncn1. The van der Waals surface area contributed by atoms with Crippen LogP contribution in [0, 0.1) is 5.82 Å². The molecule has 1 aromatic carbocycles. The van der Waals surface area contributed by atoms with Gasteiger partial charge in [0, 0.05) is 5.69 Å². The second kappa shape index (κ2) is 6.43. The molecular formula is C16H17FN2O2.